The van der Waals surface area contributed by atoms with Crippen molar-refractivity contribution in [3.05, 3.63) is 22.5 Å². The minimum Gasteiger partial charge on any atom is -0.466 e. The second-order valence-corrected chi connectivity index (χ2v) is 6.91. The summed E-state index contributed by atoms with van der Waals surface area (Å²) in [6, 6.07) is 0. The van der Waals surface area contributed by atoms with E-state index in [4.69, 9.17) is 16.3 Å². The van der Waals surface area contributed by atoms with E-state index in [1.165, 1.54) is 0 Å². The second kappa shape index (κ2) is 9.76. The third-order valence-electron chi connectivity index (χ3n) is 4.65. The zero-order chi connectivity index (χ0) is 19.1. The molecule has 0 atom stereocenters. The van der Waals surface area contributed by atoms with E-state index in [1.807, 2.05) is 6.92 Å². The smallest absolute Gasteiger partial charge is 0.309 e. The number of unbranched alkanes of at least 4 members (excludes halogenated alkanes) is 1. The summed E-state index contributed by atoms with van der Waals surface area (Å²) >= 11 is 6.39. The maximum Gasteiger partial charge on any atom is 0.309 e. The summed E-state index contributed by atoms with van der Waals surface area (Å²) < 4.78 is 6.85. The number of rotatable bonds is 7. The van der Waals surface area contributed by atoms with E-state index in [0.29, 0.717) is 37.7 Å². The molecular formula is C19H28ClN3O3. The fraction of sp³-hybridized carbons (Fsp3) is 0.632. The van der Waals surface area contributed by atoms with Crippen LogP contribution in [0.2, 0.25) is 5.15 Å². The van der Waals surface area contributed by atoms with E-state index in [-0.39, 0.29) is 17.8 Å². The van der Waals surface area contributed by atoms with Gasteiger partial charge in [-0.3, -0.25) is 14.3 Å². The van der Waals surface area contributed by atoms with Crippen molar-refractivity contribution in [3.63, 3.8) is 0 Å². The number of aryl methyl sites for hydroxylation is 2. The molecule has 7 heteroatoms. The Labute approximate surface area is 160 Å². The van der Waals surface area contributed by atoms with Crippen LogP contribution in [-0.2, 0) is 20.9 Å². The number of amides is 1. The molecule has 26 heavy (non-hydrogen) atoms. The Bertz CT molecular complexity index is 661. The third kappa shape index (κ3) is 5.10. The largest absolute Gasteiger partial charge is 0.466 e. The van der Waals surface area contributed by atoms with Crippen LogP contribution >= 0.6 is 11.6 Å². The molecule has 0 unspecified atom stereocenters. The molecule has 1 aliphatic rings. The number of carbonyl (C=O) groups is 2. The number of hydrogen-bond acceptors (Lipinski definition) is 4. The van der Waals surface area contributed by atoms with Gasteiger partial charge in [-0.2, -0.15) is 5.10 Å². The van der Waals surface area contributed by atoms with Crippen molar-refractivity contribution in [2.75, 3.05) is 19.7 Å². The average Bonchev–Trinajstić information content (AvgIpc) is 2.91. The van der Waals surface area contributed by atoms with Crippen LogP contribution in [0.5, 0.6) is 0 Å². The molecule has 2 rings (SSSR count). The van der Waals surface area contributed by atoms with Crippen LogP contribution in [0.25, 0.3) is 6.08 Å². The number of halogens is 1. The summed E-state index contributed by atoms with van der Waals surface area (Å²) in [7, 11) is 0. The molecule has 144 valence electrons. The zero-order valence-electron chi connectivity index (χ0n) is 15.8. The first kappa shape index (κ1) is 20.5. The van der Waals surface area contributed by atoms with Gasteiger partial charge in [0.2, 0.25) is 5.91 Å². The predicted octanol–water partition coefficient (Wildman–Crippen LogP) is 3.46. The van der Waals surface area contributed by atoms with Crippen molar-refractivity contribution in [3.8, 4) is 0 Å². The monoisotopic (exact) mass is 381 g/mol. The van der Waals surface area contributed by atoms with Gasteiger partial charge in [-0.1, -0.05) is 24.9 Å². The lowest BCUT2D eigenvalue weighted by Crippen LogP contribution is -2.39. The van der Waals surface area contributed by atoms with Crippen LogP contribution in [-0.4, -0.2) is 46.3 Å². The molecule has 0 aromatic carbocycles. The Morgan fingerprint density at radius 1 is 1.31 bits per heavy atom. The lowest BCUT2D eigenvalue weighted by molar-refractivity contribution is -0.150. The highest BCUT2D eigenvalue weighted by atomic mass is 35.5. The molecule has 1 fully saturated rings. The maximum absolute atomic E-state index is 12.4. The predicted molar refractivity (Wildman–Crippen MR) is 102 cm³/mol. The Balaban J connectivity index is 1.94. The van der Waals surface area contributed by atoms with Gasteiger partial charge in [0.05, 0.1) is 18.2 Å². The molecule has 0 aliphatic carbocycles. The highest BCUT2D eigenvalue weighted by Crippen LogP contribution is 2.23. The summed E-state index contributed by atoms with van der Waals surface area (Å²) in [5.74, 6) is -0.322. The zero-order valence-corrected chi connectivity index (χ0v) is 16.6. The van der Waals surface area contributed by atoms with Gasteiger partial charge in [-0.05, 0) is 39.2 Å². The van der Waals surface area contributed by atoms with Crippen molar-refractivity contribution in [1.82, 2.24) is 14.7 Å². The molecule has 0 saturated carbocycles. The van der Waals surface area contributed by atoms with E-state index in [1.54, 1.807) is 28.7 Å². The van der Waals surface area contributed by atoms with E-state index < -0.39 is 0 Å². The highest BCUT2D eigenvalue weighted by Gasteiger charge is 2.27. The van der Waals surface area contributed by atoms with Gasteiger partial charge >= 0.3 is 5.97 Å². The normalized spacial score (nSPS) is 15.6. The standard InChI is InChI=1S/C19H28ClN3O3/c1-4-6-11-23-18(20)16(14(3)21-23)7-8-17(24)22-12-9-15(10-13-22)19(25)26-5-2/h7-8,15H,4-6,9-13H2,1-3H3. The SMILES string of the molecule is CCCCn1nc(C)c(C=CC(=O)N2CCC(C(=O)OCC)CC2)c1Cl. The molecule has 0 spiro atoms. The Morgan fingerprint density at radius 3 is 2.62 bits per heavy atom. The fourth-order valence-electron chi connectivity index (χ4n) is 3.07. The van der Waals surface area contributed by atoms with Gasteiger partial charge in [0.1, 0.15) is 5.15 Å². The Kier molecular flexibility index (Phi) is 7.69. The van der Waals surface area contributed by atoms with Crippen molar-refractivity contribution in [2.24, 2.45) is 5.92 Å². The van der Waals surface area contributed by atoms with Crippen molar-refractivity contribution < 1.29 is 14.3 Å². The van der Waals surface area contributed by atoms with Gasteiger partial charge in [-0.15, -0.1) is 0 Å². The summed E-state index contributed by atoms with van der Waals surface area (Å²) in [6.45, 7) is 8.12. The van der Waals surface area contributed by atoms with Gasteiger partial charge in [0, 0.05) is 31.3 Å². The lowest BCUT2D eigenvalue weighted by Gasteiger charge is -2.30. The Morgan fingerprint density at radius 2 is 2.00 bits per heavy atom. The van der Waals surface area contributed by atoms with E-state index in [0.717, 1.165) is 30.6 Å². The Hall–Kier alpha value is -1.82. The lowest BCUT2D eigenvalue weighted by atomic mass is 9.97. The van der Waals surface area contributed by atoms with Crippen LogP contribution in [0.4, 0.5) is 0 Å². The van der Waals surface area contributed by atoms with Gasteiger partial charge < -0.3 is 9.64 Å². The fourth-order valence-corrected chi connectivity index (χ4v) is 3.39. The molecule has 2 heterocycles. The number of aromatic nitrogens is 2. The maximum atomic E-state index is 12.4. The average molecular weight is 382 g/mol. The molecule has 0 bridgehead atoms. The molecule has 1 amide bonds. The van der Waals surface area contributed by atoms with Crippen LogP contribution in [0.3, 0.4) is 0 Å². The van der Waals surface area contributed by atoms with Crippen molar-refractivity contribution >= 4 is 29.6 Å². The summed E-state index contributed by atoms with van der Waals surface area (Å²) in [4.78, 5) is 26.0. The number of ether oxygens (including phenoxy) is 1. The number of esters is 1. The summed E-state index contributed by atoms with van der Waals surface area (Å²) in [5, 5.41) is 5.01. The van der Waals surface area contributed by atoms with E-state index in [9.17, 15) is 9.59 Å². The summed E-state index contributed by atoms with van der Waals surface area (Å²) in [5.41, 5.74) is 1.61. The summed E-state index contributed by atoms with van der Waals surface area (Å²) in [6.07, 6.45) is 6.66. The minimum atomic E-state index is -0.156. The first-order chi connectivity index (χ1) is 12.5. The number of nitrogens with zero attached hydrogens (tertiary/aromatic N) is 3. The molecule has 1 aromatic rings. The van der Waals surface area contributed by atoms with Crippen LogP contribution < -0.4 is 0 Å². The van der Waals surface area contributed by atoms with Crippen LogP contribution in [0, 0.1) is 12.8 Å². The van der Waals surface area contributed by atoms with Crippen molar-refractivity contribution in [2.45, 2.75) is 53.0 Å². The molecule has 0 N–H and O–H groups in total. The molecule has 1 saturated heterocycles. The number of hydrogen-bond donors (Lipinski definition) is 0. The highest BCUT2D eigenvalue weighted by molar-refractivity contribution is 6.31. The topological polar surface area (TPSA) is 64.4 Å². The number of carbonyl (C=O) groups excluding carboxylic acids is 2. The molecule has 1 aromatic heterocycles. The number of likely N-dealkylation sites (tertiary alicyclic amines) is 1. The molecule has 0 radical (unpaired) electrons. The first-order valence-corrected chi connectivity index (χ1v) is 9.72. The van der Waals surface area contributed by atoms with Gasteiger partial charge in [0.25, 0.3) is 0 Å². The number of piperidine rings is 1. The molecule has 1 aliphatic heterocycles. The van der Waals surface area contributed by atoms with Crippen LogP contribution in [0.15, 0.2) is 6.08 Å². The minimum absolute atomic E-state index is 0.0657. The van der Waals surface area contributed by atoms with Crippen molar-refractivity contribution in [1.29, 1.82) is 0 Å². The van der Waals surface area contributed by atoms with E-state index >= 15 is 0 Å². The second-order valence-electron chi connectivity index (χ2n) is 6.55. The molecule has 6 nitrogen and oxygen atoms in total. The quantitative estimate of drug-likeness (QED) is 0.536. The van der Waals surface area contributed by atoms with Gasteiger partial charge in [0.15, 0.2) is 0 Å². The third-order valence-corrected chi connectivity index (χ3v) is 5.05. The molecular weight excluding hydrogens is 354 g/mol. The van der Waals surface area contributed by atoms with Gasteiger partial charge in [-0.25, -0.2) is 0 Å². The first-order valence-electron chi connectivity index (χ1n) is 9.34. The van der Waals surface area contributed by atoms with Crippen LogP contribution in [0.1, 0.15) is 50.8 Å². The van der Waals surface area contributed by atoms with E-state index in [2.05, 4.69) is 12.0 Å².